The Kier molecular flexibility index (Phi) is 5.13. The van der Waals surface area contributed by atoms with Crippen LogP contribution in [-0.2, 0) is 6.54 Å². The van der Waals surface area contributed by atoms with Gasteiger partial charge in [-0.15, -0.1) is 0 Å². The van der Waals surface area contributed by atoms with Crippen molar-refractivity contribution in [2.75, 3.05) is 6.54 Å². The molecule has 0 aliphatic carbocycles. The lowest BCUT2D eigenvalue weighted by Crippen LogP contribution is -2.31. The number of carbonyl (C=O) groups is 1. The first-order valence-electron chi connectivity index (χ1n) is 6.58. The first-order valence-corrected chi connectivity index (χ1v) is 7.37. The predicted octanol–water partition coefficient (Wildman–Crippen LogP) is 3.92. The lowest BCUT2D eigenvalue weighted by molar-refractivity contribution is 0.0764. The fourth-order valence-corrected chi connectivity index (χ4v) is 2.44. The standard InChI is InChI=1S/C17H15BrN2O/c1-13-7-8-15(18)11-16(13)17(21)20(10-9-19)12-14-5-3-2-4-6-14/h2-8,11H,10,12H2,1H3. The molecule has 0 spiro atoms. The van der Waals surface area contributed by atoms with Crippen molar-refractivity contribution in [2.45, 2.75) is 13.5 Å². The second-order valence-corrected chi connectivity index (χ2v) is 5.68. The zero-order chi connectivity index (χ0) is 15.2. The van der Waals surface area contributed by atoms with Gasteiger partial charge < -0.3 is 4.90 Å². The molecule has 0 saturated heterocycles. The number of aryl methyl sites for hydroxylation is 1. The van der Waals surface area contributed by atoms with Crippen LogP contribution in [0.15, 0.2) is 53.0 Å². The molecule has 21 heavy (non-hydrogen) atoms. The van der Waals surface area contributed by atoms with Gasteiger partial charge in [0, 0.05) is 16.6 Å². The molecule has 0 fully saturated rings. The molecular formula is C17H15BrN2O. The van der Waals surface area contributed by atoms with Gasteiger partial charge in [-0.2, -0.15) is 5.26 Å². The van der Waals surface area contributed by atoms with Crippen LogP contribution in [-0.4, -0.2) is 17.4 Å². The summed E-state index contributed by atoms with van der Waals surface area (Å²) in [6.45, 7) is 2.39. The molecule has 0 aliphatic rings. The van der Waals surface area contributed by atoms with Gasteiger partial charge in [0.2, 0.25) is 0 Å². The molecule has 3 nitrogen and oxygen atoms in total. The SMILES string of the molecule is Cc1ccc(Br)cc1C(=O)N(CC#N)Cc1ccccc1. The molecule has 0 aliphatic heterocycles. The predicted molar refractivity (Wildman–Crippen MR) is 85.7 cm³/mol. The van der Waals surface area contributed by atoms with Crippen LogP contribution >= 0.6 is 15.9 Å². The van der Waals surface area contributed by atoms with Crippen LogP contribution in [0.25, 0.3) is 0 Å². The molecule has 106 valence electrons. The van der Waals surface area contributed by atoms with E-state index in [0.717, 1.165) is 15.6 Å². The van der Waals surface area contributed by atoms with E-state index < -0.39 is 0 Å². The van der Waals surface area contributed by atoms with Crippen molar-refractivity contribution in [3.05, 3.63) is 69.7 Å². The molecule has 0 atom stereocenters. The molecule has 2 rings (SSSR count). The van der Waals surface area contributed by atoms with E-state index in [0.29, 0.717) is 12.1 Å². The molecule has 0 radical (unpaired) electrons. The van der Waals surface area contributed by atoms with E-state index in [1.54, 1.807) is 11.0 Å². The summed E-state index contributed by atoms with van der Waals surface area (Å²) in [5.74, 6) is -0.126. The Bertz CT molecular complexity index is 677. The number of rotatable bonds is 4. The van der Waals surface area contributed by atoms with E-state index in [1.807, 2.05) is 49.4 Å². The maximum absolute atomic E-state index is 12.7. The smallest absolute Gasteiger partial charge is 0.255 e. The fraction of sp³-hybridized carbons (Fsp3) is 0.176. The molecule has 0 N–H and O–H groups in total. The number of hydrogen-bond acceptors (Lipinski definition) is 2. The second-order valence-electron chi connectivity index (χ2n) is 4.76. The molecular weight excluding hydrogens is 328 g/mol. The first-order chi connectivity index (χ1) is 10.1. The normalized spacial score (nSPS) is 9.95. The number of hydrogen-bond donors (Lipinski definition) is 0. The average Bonchev–Trinajstić information content (AvgIpc) is 2.49. The maximum Gasteiger partial charge on any atom is 0.255 e. The summed E-state index contributed by atoms with van der Waals surface area (Å²) in [6.07, 6.45) is 0. The summed E-state index contributed by atoms with van der Waals surface area (Å²) in [5, 5.41) is 8.98. The minimum Gasteiger partial charge on any atom is -0.321 e. The Hall–Kier alpha value is -2.12. The summed E-state index contributed by atoms with van der Waals surface area (Å²) >= 11 is 3.38. The number of halogens is 1. The molecule has 4 heteroatoms. The molecule has 0 aromatic heterocycles. The van der Waals surface area contributed by atoms with Crippen LogP contribution in [0.5, 0.6) is 0 Å². The second kappa shape index (κ2) is 7.05. The Labute approximate surface area is 132 Å². The first kappa shape index (κ1) is 15.3. The highest BCUT2D eigenvalue weighted by atomic mass is 79.9. The third kappa shape index (κ3) is 3.93. The third-order valence-electron chi connectivity index (χ3n) is 3.20. The van der Waals surface area contributed by atoms with Crippen LogP contribution in [0.1, 0.15) is 21.5 Å². The summed E-state index contributed by atoms with van der Waals surface area (Å²) in [4.78, 5) is 14.2. The Morgan fingerprint density at radius 1 is 1.24 bits per heavy atom. The lowest BCUT2D eigenvalue weighted by Gasteiger charge is -2.21. The van der Waals surface area contributed by atoms with Gasteiger partial charge in [0.25, 0.3) is 5.91 Å². The molecule has 2 aromatic carbocycles. The molecule has 2 aromatic rings. The number of nitriles is 1. The molecule has 0 heterocycles. The topological polar surface area (TPSA) is 44.1 Å². The van der Waals surface area contributed by atoms with Gasteiger partial charge in [-0.3, -0.25) is 4.79 Å². The van der Waals surface area contributed by atoms with E-state index in [-0.39, 0.29) is 12.5 Å². The van der Waals surface area contributed by atoms with Crippen molar-refractivity contribution in [1.29, 1.82) is 5.26 Å². The van der Waals surface area contributed by atoms with Crippen molar-refractivity contribution < 1.29 is 4.79 Å². The fourth-order valence-electron chi connectivity index (χ4n) is 2.08. The van der Waals surface area contributed by atoms with E-state index >= 15 is 0 Å². The highest BCUT2D eigenvalue weighted by Gasteiger charge is 2.18. The minimum absolute atomic E-state index is 0.0691. The van der Waals surface area contributed by atoms with Gasteiger partial charge in [0.05, 0.1) is 6.07 Å². The number of nitrogens with zero attached hydrogens (tertiary/aromatic N) is 2. The summed E-state index contributed by atoms with van der Waals surface area (Å²) < 4.78 is 0.855. The maximum atomic E-state index is 12.7. The van der Waals surface area contributed by atoms with Crippen LogP contribution < -0.4 is 0 Å². The average molecular weight is 343 g/mol. The van der Waals surface area contributed by atoms with Crippen LogP contribution in [0.4, 0.5) is 0 Å². The van der Waals surface area contributed by atoms with E-state index in [1.165, 1.54) is 0 Å². The van der Waals surface area contributed by atoms with Crippen molar-refractivity contribution >= 4 is 21.8 Å². The zero-order valence-electron chi connectivity index (χ0n) is 11.7. The Balaban J connectivity index is 2.27. The largest absolute Gasteiger partial charge is 0.321 e. The van der Waals surface area contributed by atoms with Gasteiger partial charge in [0.1, 0.15) is 6.54 Å². The van der Waals surface area contributed by atoms with Crippen LogP contribution in [0.3, 0.4) is 0 Å². The Morgan fingerprint density at radius 3 is 2.62 bits per heavy atom. The number of carbonyl (C=O) groups excluding carboxylic acids is 1. The van der Waals surface area contributed by atoms with Gasteiger partial charge in [-0.25, -0.2) is 0 Å². The molecule has 1 amide bonds. The highest BCUT2D eigenvalue weighted by Crippen LogP contribution is 2.18. The minimum atomic E-state index is -0.126. The molecule has 0 saturated carbocycles. The van der Waals surface area contributed by atoms with Crippen molar-refractivity contribution in [1.82, 2.24) is 4.90 Å². The monoisotopic (exact) mass is 342 g/mol. The van der Waals surface area contributed by atoms with Crippen molar-refractivity contribution in [2.24, 2.45) is 0 Å². The van der Waals surface area contributed by atoms with Crippen LogP contribution in [0, 0.1) is 18.3 Å². The van der Waals surface area contributed by atoms with E-state index in [4.69, 9.17) is 5.26 Å². The summed E-state index contributed by atoms with van der Waals surface area (Å²) in [7, 11) is 0. The number of amides is 1. The Morgan fingerprint density at radius 2 is 1.95 bits per heavy atom. The summed E-state index contributed by atoms with van der Waals surface area (Å²) in [5.41, 5.74) is 2.53. The zero-order valence-corrected chi connectivity index (χ0v) is 13.3. The third-order valence-corrected chi connectivity index (χ3v) is 3.69. The quantitative estimate of drug-likeness (QED) is 0.790. The van der Waals surface area contributed by atoms with E-state index in [9.17, 15) is 4.79 Å². The molecule has 0 unspecified atom stereocenters. The number of benzene rings is 2. The summed E-state index contributed by atoms with van der Waals surface area (Å²) in [6, 6.07) is 17.3. The van der Waals surface area contributed by atoms with Crippen molar-refractivity contribution in [3.8, 4) is 6.07 Å². The van der Waals surface area contributed by atoms with Gasteiger partial charge >= 0.3 is 0 Å². The highest BCUT2D eigenvalue weighted by molar-refractivity contribution is 9.10. The van der Waals surface area contributed by atoms with E-state index in [2.05, 4.69) is 22.0 Å². The van der Waals surface area contributed by atoms with Crippen molar-refractivity contribution in [3.63, 3.8) is 0 Å². The van der Waals surface area contributed by atoms with Gasteiger partial charge in [-0.05, 0) is 30.2 Å². The molecule has 0 bridgehead atoms. The van der Waals surface area contributed by atoms with Gasteiger partial charge in [-0.1, -0.05) is 52.3 Å². The van der Waals surface area contributed by atoms with Crippen LogP contribution in [0.2, 0.25) is 0 Å². The van der Waals surface area contributed by atoms with Gasteiger partial charge in [0.15, 0.2) is 0 Å². The lowest BCUT2D eigenvalue weighted by atomic mass is 10.1.